The highest BCUT2D eigenvalue weighted by Gasteiger charge is 2.30. The van der Waals surface area contributed by atoms with Gasteiger partial charge in [0.05, 0.1) is 4.92 Å². The first-order valence-electron chi connectivity index (χ1n) is 6.73. The summed E-state index contributed by atoms with van der Waals surface area (Å²) < 4.78 is 0. The molecule has 0 radical (unpaired) electrons. The van der Waals surface area contributed by atoms with Crippen LogP contribution < -0.4 is 11.1 Å². The van der Waals surface area contributed by atoms with Gasteiger partial charge in [0.15, 0.2) is 0 Å². The number of carbonyl (C=O) groups is 1. The van der Waals surface area contributed by atoms with E-state index >= 15 is 0 Å². The summed E-state index contributed by atoms with van der Waals surface area (Å²) in [7, 11) is 0. The lowest BCUT2D eigenvalue weighted by molar-refractivity contribution is -0.385. The number of nitrogens with two attached hydrogens (primary N) is 1. The molecule has 0 unspecified atom stereocenters. The van der Waals surface area contributed by atoms with Crippen molar-refractivity contribution in [2.24, 2.45) is 5.41 Å². The first-order valence-corrected chi connectivity index (χ1v) is 6.73. The fraction of sp³-hybridized carbons (Fsp3) is 0.500. The summed E-state index contributed by atoms with van der Waals surface area (Å²) >= 11 is 0. The van der Waals surface area contributed by atoms with Gasteiger partial charge in [0, 0.05) is 18.3 Å². The van der Waals surface area contributed by atoms with Gasteiger partial charge in [0.2, 0.25) is 0 Å². The van der Waals surface area contributed by atoms with E-state index in [9.17, 15) is 14.9 Å². The molecule has 2 rings (SSSR count). The van der Waals surface area contributed by atoms with Crippen LogP contribution in [0.2, 0.25) is 0 Å². The van der Waals surface area contributed by atoms with Crippen LogP contribution in [-0.4, -0.2) is 17.4 Å². The van der Waals surface area contributed by atoms with E-state index in [-0.39, 0.29) is 16.7 Å². The molecule has 0 heterocycles. The second-order valence-electron chi connectivity index (χ2n) is 5.73. The Balaban J connectivity index is 2.12. The summed E-state index contributed by atoms with van der Waals surface area (Å²) in [5.41, 5.74) is 5.86. The van der Waals surface area contributed by atoms with Crippen molar-refractivity contribution in [1.29, 1.82) is 0 Å². The Kier molecular flexibility index (Phi) is 3.92. The van der Waals surface area contributed by atoms with Gasteiger partial charge in [-0.15, -0.1) is 0 Å². The Bertz CT molecular complexity index is 536. The first-order chi connectivity index (χ1) is 9.41. The van der Waals surface area contributed by atoms with Crippen LogP contribution in [-0.2, 0) is 0 Å². The fourth-order valence-electron chi connectivity index (χ4n) is 2.69. The highest BCUT2D eigenvalue weighted by Crippen LogP contribution is 2.36. The van der Waals surface area contributed by atoms with Crippen molar-refractivity contribution in [1.82, 2.24) is 5.32 Å². The molecule has 1 fully saturated rings. The van der Waals surface area contributed by atoms with Gasteiger partial charge in [-0.25, -0.2) is 0 Å². The van der Waals surface area contributed by atoms with Gasteiger partial charge in [-0.1, -0.05) is 19.8 Å². The maximum atomic E-state index is 12.1. The number of carbonyl (C=O) groups excluding carboxylic acids is 1. The molecule has 1 saturated carbocycles. The standard InChI is InChI=1S/C14H19N3O3/c1-14(6-2-3-7-14)9-16-13(18)11-8-10(15)4-5-12(11)17(19)20/h4-5,8H,2-3,6-7,9,15H2,1H3,(H,16,18). The Hall–Kier alpha value is -2.11. The smallest absolute Gasteiger partial charge is 0.282 e. The largest absolute Gasteiger partial charge is 0.399 e. The predicted molar refractivity (Wildman–Crippen MR) is 76.4 cm³/mol. The second-order valence-corrected chi connectivity index (χ2v) is 5.73. The number of rotatable bonds is 4. The first kappa shape index (κ1) is 14.3. The second kappa shape index (κ2) is 5.48. The molecule has 0 spiro atoms. The molecule has 6 heteroatoms. The number of nitrogen functional groups attached to an aromatic ring is 1. The molecule has 6 nitrogen and oxygen atoms in total. The van der Waals surface area contributed by atoms with Crippen LogP contribution in [0.5, 0.6) is 0 Å². The summed E-state index contributed by atoms with van der Waals surface area (Å²) in [4.78, 5) is 22.5. The summed E-state index contributed by atoms with van der Waals surface area (Å²) in [6.07, 6.45) is 4.49. The van der Waals surface area contributed by atoms with E-state index in [1.807, 2.05) is 0 Å². The van der Waals surface area contributed by atoms with Gasteiger partial charge >= 0.3 is 0 Å². The number of nitrogens with zero attached hydrogens (tertiary/aromatic N) is 1. The molecular weight excluding hydrogens is 258 g/mol. The minimum Gasteiger partial charge on any atom is -0.399 e. The third-order valence-electron chi connectivity index (χ3n) is 3.95. The number of hydrogen-bond donors (Lipinski definition) is 2. The van der Waals surface area contributed by atoms with Crippen molar-refractivity contribution in [3.63, 3.8) is 0 Å². The van der Waals surface area contributed by atoms with E-state index in [1.165, 1.54) is 31.0 Å². The number of nitrogens with one attached hydrogen (secondary N) is 1. The Morgan fingerprint density at radius 2 is 2.10 bits per heavy atom. The van der Waals surface area contributed by atoms with Crippen LogP contribution >= 0.6 is 0 Å². The highest BCUT2D eigenvalue weighted by atomic mass is 16.6. The molecule has 0 aromatic heterocycles. The Morgan fingerprint density at radius 1 is 1.45 bits per heavy atom. The van der Waals surface area contributed by atoms with Gasteiger partial charge in [-0.05, 0) is 30.4 Å². The summed E-state index contributed by atoms with van der Waals surface area (Å²) in [5.74, 6) is -0.433. The quantitative estimate of drug-likeness (QED) is 0.501. The third kappa shape index (κ3) is 3.07. The van der Waals surface area contributed by atoms with Crippen LogP contribution in [0.15, 0.2) is 18.2 Å². The number of nitro benzene ring substituents is 1. The van der Waals surface area contributed by atoms with Crippen molar-refractivity contribution >= 4 is 17.3 Å². The molecule has 1 aliphatic carbocycles. The molecule has 0 bridgehead atoms. The maximum absolute atomic E-state index is 12.1. The molecule has 0 aliphatic heterocycles. The van der Waals surface area contributed by atoms with E-state index in [0.717, 1.165) is 12.8 Å². The van der Waals surface area contributed by atoms with Crippen LogP contribution in [0.3, 0.4) is 0 Å². The lowest BCUT2D eigenvalue weighted by atomic mass is 9.89. The normalized spacial score (nSPS) is 16.9. The van der Waals surface area contributed by atoms with E-state index in [0.29, 0.717) is 12.2 Å². The van der Waals surface area contributed by atoms with E-state index in [2.05, 4.69) is 12.2 Å². The van der Waals surface area contributed by atoms with Crippen molar-refractivity contribution in [3.8, 4) is 0 Å². The minimum absolute atomic E-state index is 0.0246. The molecule has 1 amide bonds. The number of amides is 1. The zero-order valence-electron chi connectivity index (χ0n) is 11.5. The Morgan fingerprint density at radius 3 is 2.70 bits per heavy atom. The molecule has 1 aromatic rings. The topological polar surface area (TPSA) is 98.3 Å². The van der Waals surface area contributed by atoms with Gasteiger partial charge in [-0.3, -0.25) is 14.9 Å². The predicted octanol–water partition coefficient (Wildman–Crippen LogP) is 2.49. The highest BCUT2D eigenvalue weighted by molar-refractivity contribution is 5.99. The Labute approximate surface area is 117 Å². The lowest BCUT2D eigenvalue weighted by Crippen LogP contribution is -2.34. The minimum atomic E-state index is -0.564. The van der Waals surface area contributed by atoms with Gasteiger partial charge in [-0.2, -0.15) is 0 Å². The van der Waals surface area contributed by atoms with Crippen molar-refractivity contribution in [3.05, 3.63) is 33.9 Å². The number of benzene rings is 1. The van der Waals surface area contributed by atoms with Crippen molar-refractivity contribution < 1.29 is 9.72 Å². The summed E-state index contributed by atoms with van der Waals surface area (Å²) in [5, 5.41) is 13.8. The third-order valence-corrected chi connectivity index (χ3v) is 3.95. The van der Waals surface area contributed by atoms with Crippen LogP contribution in [0, 0.1) is 15.5 Å². The molecular formula is C14H19N3O3. The lowest BCUT2D eigenvalue weighted by Gasteiger charge is -2.23. The summed E-state index contributed by atoms with van der Waals surface area (Å²) in [6, 6.07) is 4.04. The zero-order valence-corrected chi connectivity index (χ0v) is 11.5. The number of anilines is 1. The number of nitro groups is 1. The van der Waals surface area contributed by atoms with E-state index in [1.54, 1.807) is 0 Å². The zero-order chi connectivity index (χ0) is 14.8. The summed E-state index contributed by atoms with van der Waals surface area (Å²) in [6.45, 7) is 2.67. The van der Waals surface area contributed by atoms with Crippen LogP contribution in [0.1, 0.15) is 43.0 Å². The fourth-order valence-corrected chi connectivity index (χ4v) is 2.69. The molecule has 0 atom stereocenters. The SMILES string of the molecule is CC1(CNC(=O)c2cc(N)ccc2[N+](=O)[O-])CCCC1. The van der Waals surface area contributed by atoms with Gasteiger partial charge < -0.3 is 11.1 Å². The van der Waals surface area contributed by atoms with Crippen LogP contribution in [0.25, 0.3) is 0 Å². The molecule has 1 aliphatic rings. The average molecular weight is 277 g/mol. The number of hydrogen-bond acceptors (Lipinski definition) is 4. The molecule has 0 saturated heterocycles. The van der Waals surface area contributed by atoms with Crippen LogP contribution in [0.4, 0.5) is 11.4 Å². The monoisotopic (exact) mass is 277 g/mol. The van der Waals surface area contributed by atoms with Crippen molar-refractivity contribution in [2.75, 3.05) is 12.3 Å². The molecule has 1 aromatic carbocycles. The van der Waals surface area contributed by atoms with Gasteiger partial charge in [0.25, 0.3) is 11.6 Å². The van der Waals surface area contributed by atoms with Crippen molar-refractivity contribution in [2.45, 2.75) is 32.6 Å². The average Bonchev–Trinajstić information content (AvgIpc) is 2.83. The maximum Gasteiger partial charge on any atom is 0.282 e. The van der Waals surface area contributed by atoms with E-state index in [4.69, 9.17) is 5.73 Å². The molecule has 3 N–H and O–H groups in total. The van der Waals surface area contributed by atoms with E-state index < -0.39 is 10.8 Å². The molecule has 108 valence electrons. The van der Waals surface area contributed by atoms with Gasteiger partial charge in [0.1, 0.15) is 5.56 Å². The molecule has 20 heavy (non-hydrogen) atoms.